The summed E-state index contributed by atoms with van der Waals surface area (Å²) in [5.74, 6) is 0.907. The molecule has 0 saturated heterocycles. The van der Waals surface area contributed by atoms with Crippen LogP contribution in [0.1, 0.15) is 26.4 Å². The van der Waals surface area contributed by atoms with Crippen molar-refractivity contribution in [1.29, 1.82) is 0 Å². The van der Waals surface area contributed by atoms with Crippen LogP contribution >= 0.6 is 11.3 Å². The quantitative estimate of drug-likeness (QED) is 0.134. The van der Waals surface area contributed by atoms with Crippen LogP contribution in [0.5, 0.6) is 23.0 Å². The number of ketones is 1. The Balaban J connectivity index is 1.86. The highest BCUT2D eigenvalue weighted by atomic mass is 32.1. The van der Waals surface area contributed by atoms with Crippen molar-refractivity contribution in [1.82, 2.24) is 0 Å². The molecule has 33 heavy (non-hydrogen) atoms. The van der Waals surface area contributed by atoms with Gasteiger partial charge in [-0.3, -0.25) is 4.79 Å². The molecule has 6 heteroatoms. The Hall–Kier alpha value is -3.90. The highest BCUT2D eigenvalue weighted by Gasteiger charge is 2.24. The summed E-state index contributed by atoms with van der Waals surface area (Å²) < 4.78 is 17.8. The predicted molar refractivity (Wildman–Crippen MR) is 130 cm³/mol. The number of esters is 1. The molecule has 0 atom stereocenters. The standard InChI is InChI=1S/C27H22O5S/c1-5-24(28)31-21-8-6-7-9-22(21)32-26-20-13-11-18(30-4)15-23(20)33-27(26)25(29)19-12-10-16(2)14-17(19)3/h5-15H,1H2,2-4H3. The molecule has 0 spiro atoms. The summed E-state index contributed by atoms with van der Waals surface area (Å²) in [5, 5.41) is 0.763. The van der Waals surface area contributed by atoms with Gasteiger partial charge in [-0.1, -0.05) is 42.5 Å². The number of para-hydroxylation sites is 2. The van der Waals surface area contributed by atoms with E-state index in [1.165, 1.54) is 11.3 Å². The van der Waals surface area contributed by atoms with Crippen molar-refractivity contribution in [3.8, 4) is 23.0 Å². The van der Waals surface area contributed by atoms with Gasteiger partial charge in [-0.25, -0.2) is 4.79 Å². The largest absolute Gasteiger partial charge is 0.497 e. The maximum Gasteiger partial charge on any atom is 0.335 e. The lowest BCUT2D eigenvalue weighted by atomic mass is 10.0. The molecule has 0 radical (unpaired) electrons. The molecule has 0 aliphatic heterocycles. The van der Waals surface area contributed by atoms with Crippen LogP contribution in [-0.4, -0.2) is 18.9 Å². The van der Waals surface area contributed by atoms with E-state index in [0.29, 0.717) is 27.7 Å². The maximum absolute atomic E-state index is 13.6. The zero-order valence-corrected chi connectivity index (χ0v) is 19.3. The van der Waals surface area contributed by atoms with Crippen LogP contribution in [0, 0.1) is 13.8 Å². The third kappa shape index (κ3) is 4.52. The van der Waals surface area contributed by atoms with E-state index in [-0.39, 0.29) is 11.5 Å². The van der Waals surface area contributed by atoms with Crippen LogP contribution in [0.3, 0.4) is 0 Å². The van der Waals surface area contributed by atoms with Gasteiger partial charge < -0.3 is 14.2 Å². The zero-order chi connectivity index (χ0) is 23.5. The normalized spacial score (nSPS) is 10.6. The van der Waals surface area contributed by atoms with Gasteiger partial charge in [0.15, 0.2) is 17.2 Å². The molecule has 0 amide bonds. The molecule has 0 aliphatic carbocycles. The first kappa shape index (κ1) is 22.3. The molecule has 0 unspecified atom stereocenters. The summed E-state index contributed by atoms with van der Waals surface area (Å²) in [6.45, 7) is 7.34. The number of aryl methyl sites for hydroxylation is 2. The first-order valence-corrected chi connectivity index (χ1v) is 11.1. The number of carbonyl (C=O) groups is 2. The van der Waals surface area contributed by atoms with Crippen molar-refractivity contribution in [3.05, 3.63) is 94.9 Å². The number of hydrogen-bond donors (Lipinski definition) is 0. The second-order valence-corrected chi connectivity index (χ2v) is 8.50. The number of fused-ring (bicyclic) bond motifs is 1. The first-order chi connectivity index (χ1) is 15.9. The maximum atomic E-state index is 13.6. The minimum absolute atomic E-state index is 0.136. The lowest BCUT2D eigenvalue weighted by molar-refractivity contribution is -0.129. The van der Waals surface area contributed by atoms with Crippen molar-refractivity contribution in [2.45, 2.75) is 13.8 Å². The molecule has 0 fully saturated rings. The fraction of sp³-hybridized carbons (Fsp3) is 0.111. The fourth-order valence-corrected chi connectivity index (χ4v) is 4.61. The predicted octanol–water partition coefficient (Wildman–Crippen LogP) is 6.64. The Morgan fingerprint density at radius 2 is 1.73 bits per heavy atom. The van der Waals surface area contributed by atoms with E-state index in [1.807, 2.05) is 50.2 Å². The summed E-state index contributed by atoms with van der Waals surface area (Å²) >= 11 is 1.33. The molecular weight excluding hydrogens is 436 g/mol. The van der Waals surface area contributed by atoms with Crippen molar-refractivity contribution in [2.75, 3.05) is 7.11 Å². The van der Waals surface area contributed by atoms with Crippen LogP contribution in [0.15, 0.2) is 73.3 Å². The summed E-state index contributed by atoms with van der Waals surface area (Å²) in [4.78, 5) is 25.9. The van der Waals surface area contributed by atoms with Gasteiger partial charge in [-0.15, -0.1) is 11.3 Å². The van der Waals surface area contributed by atoms with Crippen molar-refractivity contribution >= 4 is 33.2 Å². The molecule has 1 aromatic heterocycles. The van der Waals surface area contributed by atoms with Gasteiger partial charge in [-0.05, 0) is 49.7 Å². The van der Waals surface area contributed by atoms with E-state index in [2.05, 4.69) is 6.58 Å². The van der Waals surface area contributed by atoms with Gasteiger partial charge in [0.1, 0.15) is 10.6 Å². The van der Waals surface area contributed by atoms with E-state index >= 15 is 0 Å². The minimum atomic E-state index is -0.599. The second kappa shape index (κ2) is 9.30. The third-order valence-corrected chi connectivity index (χ3v) is 6.26. The number of benzene rings is 3. The van der Waals surface area contributed by atoms with Gasteiger partial charge in [0.2, 0.25) is 5.78 Å². The van der Waals surface area contributed by atoms with Crippen LogP contribution in [0.4, 0.5) is 0 Å². The lowest BCUT2D eigenvalue weighted by Crippen LogP contribution is -2.05. The lowest BCUT2D eigenvalue weighted by Gasteiger charge is -2.12. The molecule has 4 aromatic rings. The molecule has 3 aromatic carbocycles. The van der Waals surface area contributed by atoms with Gasteiger partial charge in [0.25, 0.3) is 0 Å². The van der Waals surface area contributed by atoms with Crippen LogP contribution < -0.4 is 14.2 Å². The molecule has 0 saturated carbocycles. The van der Waals surface area contributed by atoms with E-state index in [4.69, 9.17) is 14.2 Å². The average Bonchev–Trinajstić information content (AvgIpc) is 3.17. The Kier molecular flexibility index (Phi) is 6.29. The van der Waals surface area contributed by atoms with E-state index in [0.717, 1.165) is 27.3 Å². The van der Waals surface area contributed by atoms with E-state index in [1.54, 1.807) is 31.4 Å². The number of hydrogen-bond acceptors (Lipinski definition) is 6. The molecule has 0 aliphatic rings. The fourth-order valence-electron chi connectivity index (χ4n) is 3.50. The zero-order valence-electron chi connectivity index (χ0n) is 18.5. The number of carbonyl (C=O) groups excluding carboxylic acids is 2. The molecular formula is C27H22O5S. The number of thiophene rings is 1. The second-order valence-electron chi connectivity index (χ2n) is 7.44. The smallest absolute Gasteiger partial charge is 0.335 e. The monoisotopic (exact) mass is 458 g/mol. The summed E-state index contributed by atoms with van der Waals surface area (Å²) in [7, 11) is 1.60. The summed E-state index contributed by atoms with van der Waals surface area (Å²) in [6, 6.07) is 18.1. The molecule has 0 bridgehead atoms. The molecule has 5 nitrogen and oxygen atoms in total. The van der Waals surface area contributed by atoms with Gasteiger partial charge in [0.05, 0.1) is 7.11 Å². The Labute approximate surface area is 195 Å². The van der Waals surface area contributed by atoms with Gasteiger partial charge in [-0.2, -0.15) is 0 Å². The topological polar surface area (TPSA) is 61.8 Å². The number of ether oxygens (including phenoxy) is 3. The van der Waals surface area contributed by atoms with Crippen molar-refractivity contribution in [3.63, 3.8) is 0 Å². The first-order valence-electron chi connectivity index (χ1n) is 10.2. The number of methoxy groups -OCH3 is 1. The number of rotatable bonds is 7. The highest BCUT2D eigenvalue weighted by molar-refractivity contribution is 7.21. The third-order valence-electron chi connectivity index (χ3n) is 5.12. The van der Waals surface area contributed by atoms with Gasteiger partial charge in [0, 0.05) is 21.7 Å². The SMILES string of the molecule is C=CC(=O)Oc1ccccc1Oc1c(C(=O)c2ccc(C)cc2C)sc2cc(OC)ccc12. The van der Waals surface area contributed by atoms with E-state index < -0.39 is 5.97 Å². The summed E-state index contributed by atoms with van der Waals surface area (Å²) in [6.07, 6.45) is 1.08. The molecule has 0 N–H and O–H groups in total. The Morgan fingerprint density at radius 1 is 0.970 bits per heavy atom. The molecule has 1 heterocycles. The molecule has 166 valence electrons. The van der Waals surface area contributed by atoms with Crippen molar-refractivity contribution in [2.24, 2.45) is 0 Å². The highest BCUT2D eigenvalue weighted by Crippen LogP contribution is 2.44. The Morgan fingerprint density at radius 3 is 2.42 bits per heavy atom. The van der Waals surface area contributed by atoms with E-state index in [9.17, 15) is 9.59 Å². The van der Waals surface area contributed by atoms with Crippen LogP contribution in [0.25, 0.3) is 10.1 Å². The van der Waals surface area contributed by atoms with Crippen LogP contribution in [-0.2, 0) is 4.79 Å². The average molecular weight is 459 g/mol. The molecule has 4 rings (SSSR count). The minimum Gasteiger partial charge on any atom is -0.497 e. The van der Waals surface area contributed by atoms with Crippen LogP contribution in [0.2, 0.25) is 0 Å². The van der Waals surface area contributed by atoms with Gasteiger partial charge >= 0.3 is 5.97 Å². The Bertz CT molecular complexity index is 1380. The van der Waals surface area contributed by atoms with Crippen molar-refractivity contribution < 1.29 is 23.8 Å². The summed E-state index contributed by atoms with van der Waals surface area (Å²) in [5.41, 5.74) is 2.58.